The minimum atomic E-state index is -0.669. The Morgan fingerprint density at radius 3 is 2.70 bits per heavy atom. The normalized spacial score (nSPS) is 26.0. The summed E-state index contributed by atoms with van der Waals surface area (Å²) in [6.45, 7) is 13.3. The van der Waals surface area contributed by atoms with Crippen LogP contribution in [0.25, 0.3) is 0 Å². The molecule has 1 fully saturated rings. The van der Waals surface area contributed by atoms with E-state index in [2.05, 4.69) is 37.9 Å². The lowest BCUT2D eigenvalue weighted by Gasteiger charge is -2.44. The molecule has 1 rings (SSSR count). The van der Waals surface area contributed by atoms with Gasteiger partial charge < -0.3 is 14.8 Å². The SMILES string of the molecule is CCCNC(C)(CN1CC(C)OC(C)(C)C1)C(=O)OC. The number of hydrogen-bond acceptors (Lipinski definition) is 5. The van der Waals surface area contributed by atoms with Crippen LogP contribution in [0, 0.1) is 0 Å². The van der Waals surface area contributed by atoms with Gasteiger partial charge in [0.25, 0.3) is 0 Å². The predicted molar refractivity (Wildman–Crippen MR) is 79.8 cm³/mol. The van der Waals surface area contributed by atoms with Crippen LogP contribution in [0.1, 0.15) is 41.0 Å². The molecule has 1 aliphatic rings. The Balaban J connectivity index is 2.76. The average Bonchev–Trinajstić information content (AvgIpc) is 2.32. The standard InChI is InChI=1S/C15H30N2O3/c1-7-8-16-15(5,13(18)19-6)11-17-9-12(2)20-14(3,4)10-17/h12,16H,7-11H2,1-6H3. The minimum Gasteiger partial charge on any atom is -0.468 e. The Morgan fingerprint density at radius 1 is 1.55 bits per heavy atom. The lowest BCUT2D eigenvalue weighted by Crippen LogP contribution is -2.62. The number of rotatable bonds is 6. The second-order valence-corrected chi connectivity index (χ2v) is 6.61. The summed E-state index contributed by atoms with van der Waals surface area (Å²) < 4.78 is 10.9. The molecule has 0 aromatic rings. The summed E-state index contributed by atoms with van der Waals surface area (Å²) in [7, 11) is 1.44. The van der Waals surface area contributed by atoms with E-state index in [1.54, 1.807) is 0 Å². The summed E-state index contributed by atoms with van der Waals surface area (Å²) >= 11 is 0. The van der Waals surface area contributed by atoms with Crippen LogP contribution in [0.2, 0.25) is 0 Å². The highest BCUT2D eigenvalue weighted by atomic mass is 16.5. The van der Waals surface area contributed by atoms with Gasteiger partial charge in [-0.1, -0.05) is 6.92 Å². The third kappa shape index (κ3) is 4.72. The maximum Gasteiger partial charge on any atom is 0.327 e. The maximum atomic E-state index is 12.1. The second kappa shape index (κ2) is 6.87. The summed E-state index contributed by atoms with van der Waals surface area (Å²) in [6.07, 6.45) is 1.16. The van der Waals surface area contributed by atoms with E-state index >= 15 is 0 Å². The van der Waals surface area contributed by atoms with Crippen LogP contribution < -0.4 is 5.32 Å². The van der Waals surface area contributed by atoms with Gasteiger partial charge in [-0.25, -0.2) is 0 Å². The molecule has 0 aromatic carbocycles. The molecular weight excluding hydrogens is 256 g/mol. The molecule has 1 N–H and O–H groups in total. The van der Waals surface area contributed by atoms with Gasteiger partial charge in [0.2, 0.25) is 0 Å². The molecule has 20 heavy (non-hydrogen) atoms. The first-order chi connectivity index (χ1) is 9.22. The van der Waals surface area contributed by atoms with Gasteiger partial charge in [0.05, 0.1) is 18.8 Å². The lowest BCUT2D eigenvalue weighted by molar-refractivity contribution is -0.155. The van der Waals surface area contributed by atoms with Crippen LogP contribution in [0.15, 0.2) is 0 Å². The minimum absolute atomic E-state index is 0.173. The Hall–Kier alpha value is -0.650. The van der Waals surface area contributed by atoms with Gasteiger partial charge >= 0.3 is 5.97 Å². The van der Waals surface area contributed by atoms with E-state index in [-0.39, 0.29) is 17.7 Å². The fourth-order valence-corrected chi connectivity index (χ4v) is 2.97. The van der Waals surface area contributed by atoms with E-state index in [9.17, 15) is 4.79 Å². The van der Waals surface area contributed by atoms with Gasteiger partial charge in [-0.3, -0.25) is 9.69 Å². The number of carbonyl (C=O) groups is 1. The molecule has 5 heteroatoms. The van der Waals surface area contributed by atoms with Gasteiger partial charge in [-0.15, -0.1) is 0 Å². The van der Waals surface area contributed by atoms with Crippen molar-refractivity contribution in [1.29, 1.82) is 0 Å². The van der Waals surface area contributed by atoms with Crippen LogP contribution in [0.3, 0.4) is 0 Å². The fraction of sp³-hybridized carbons (Fsp3) is 0.933. The van der Waals surface area contributed by atoms with Crippen molar-refractivity contribution in [2.75, 3.05) is 33.3 Å². The zero-order chi connectivity index (χ0) is 15.4. The second-order valence-electron chi connectivity index (χ2n) is 6.61. The monoisotopic (exact) mass is 286 g/mol. The van der Waals surface area contributed by atoms with E-state index in [0.29, 0.717) is 6.54 Å². The fourth-order valence-electron chi connectivity index (χ4n) is 2.97. The number of nitrogens with zero attached hydrogens (tertiary/aromatic N) is 1. The number of ether oxygens (including phenoxy) is 2. The van der Waals surface area contributed by atoms with Crippen LogP contribution in [0.5, 0.6) is 0 Å². The molecule has 0 radical (unpaired) electrons. The van der Waals surface area contributed by atoms with E-state index in [1.807, 2.05) is 6.92 Å². The number of carbonyl (C=O) groups excluding carboxylic acids is 1. The molecule has 2 atom stereocenters. The predicted octanol–water partition coefficient (Wildman–Crippen LogP) is 1.42. The summed E-state index contributed by atoms with van der Waals surface area (Å²) in [5.74, 6) is -0.206. The molecule has 118 valence electrons. The average molecular weight is 286 g/mol. The van der Waals surface area contributed by atoms with Crippen molar-refractivity contribution in [2.45, 2.75) is 58.3 Å². The van der Waals surface area contributed by atoms with Crippen molar-refractivity contribution in [3.8, 4) is 0 Å². The van der Waals surface area contributed by atoms with Crippen molar-refractivity contribution < 1.29 is 14.3 Å². The van der Waals surface area contributed by atoms with Crippen molar-refractivity contribution in [3.05, 3.63) is 0 Å². The number of hydrogen-bond donors (Lipinski definition) is 1. The van der Waals surface area contributed by atoms with Crippen molar-refractivity contribution >= 4 is 5.97 Å². The maximum absolute atomic E-state index is 12.1. The van der Waals surface area contributed by atoms with Crippen molar-refractivity contribution in [1.82, 2.24) is 10.2 Å². The third-order valence-electron chi connectivity index (χ3n) is 3.58. The molecular formula is C15H30N2O3. The Kier molecular flexibility index (Phi) is 5.98. The van der Waals surface area contributed by atoms with Gasteiger partial charge in [-0.2, -0.15) is 0 Å². The molecule has 1 saturated heterocycles. The summed E-state index contributed by atoms with van der Waals surface area (Å²) in [5, 5.41) is 3.33. The molecule has 0 aromatic heterocycles. The summed E-state index contributed by atoms with van der Waals surface area (Å²) in [5.41, 5.74) is -0.850. The Labute approximate surface area is 123 Å². The number of methoxy groups -OCH3 is 1. The zero-order valence-corrected chi connectivity index (χ0v) is 13.8. The van der Waals surface area contributed by atoms with Crippen molar-refractivity contribution in [3.63, 3.8) is 0 Å². The van der Waals surface area contributed by atoms with Gasteiger partial charge in [-0.05, 0) is 40.7 Å². The first-order valence-electron chi connectivity index (χ1n) is 7.46. The lowest BCUT2D eigenvalue weighted by atomic mass is 9.98. The van der Waals surface area contributed by atoms with Crippen LogP contribution in [-0.4, -0.2) is 61.4 Å². The zero-order valence-electron chi connectivity index (χ0n) is 13.8. The molecule has 1 aliphatic heterocycles. The van der Waals surface area contributed by atoms with Crippen LogP contribution in [-0.2, 0) is 14.3 Å². The highest BCUT2D eigenvalue weighted by Crippen LogP contribution is 2.22. The molecule has 5 nitrogen and oxygen atoms in total. The van der Waals surface area contributed by atoms with E-state index in [1.165, 1.54) is 7.11 Å². The first kappa shape index (κ1) is 17.4. The van der Waals surface area contributed by atoms with Gasteiger partial charge in [0.15, 0.2) is 0 Å². The smallest absolute Gasteiger partial charge is 0.327 e. The number of morpholine rings is 1. The topological polar surface area (TPSA) is 50.8 Å². The number of nitrogens with one attached hydrogen (secondary N) is 1. The molecule has 0 spiro atoms. The van der Waals surface area contributed by atoms with E-state index < -0.39 is 5.54 Å². The Morgan fingerprint density at radius 2 is 2.20 bits per heavy atom. The quantitative estimate of drug-likeness (QED) is 0.748. The van der Waals surface area contributed by atoms with Crippen LogP contribution in [0.4, 0.5) is 0 Å². The van der Waals surface area contributed by atoms with E-state index in [4.69, 9.17) is 9.47 Å². The van der Waals surface area contributed by atoms with Gasteiger partial charge in [0.1, 0.15) is 5.54 Å². The molecule has 0 amide bonds. The summed E-state index contributed by atoms with van der Waals surface area (Å²) in [4.78, 5) is 14.4. The molecule has 0 bridgehead atoms. The van der Waals surface area contributed by atoms with Crippen molar-refractivity contribution in [2.24, 2.45) is 0 Å². The highest BCUT2D eigenvalue weighted by Gasteiger charge is 2.39. The Bertz CT molecular complexity index is 333. The molecule has 2 unspecified atom stereocenters. The molecule has 1 heterocycles. The van der Waals surface area contributed by atoms with Crippen LogP contribution >= 0.6 is 0 Å². The first-order valence-corrected chi connectivity index (χ1v) is 7.46. The largest absolute Gasteiger partial charge is 0.468 e. The highest BCUT2D eigenvalue weighted by molar-refractivity contribution is 5.80. The van der Waals surface area contributed by atoms with E-state index in [0.717, 1.165) is 26.1 Å². The third-order valence-corrected chi connectivity index (χ3v) is 3.58. The molecule has 0 aliphatic carbocycles. The molecule has 0 saturated carbocycles. The van der Waals surface area contributed by atoms with Gasteiger partial charge in [0, 0.05) is 19.6 Å². The summed E-state index contributed by atoms with van der Waals surface area (Å²) in [6, 6.07) is 0. The number of esters is 1.